The van der Waals surface area contributed by atoms with Crippen LogP contribution in [0.1, 0.15) is 24.3 Å². The smallest absolute Gasteiger partial charge is 0.178 e. The predicted octanol–water partition coefficient (Wildman–Crippen LogP) is 2.76. The first kappa shape index (κ1) is 10.9. The molecule has 1 aliphatic heterocycles. The SMILES string of the molecule is Oc1cc(C2CCNCC2)cc(Br)c1F. The number of rotatable bonds is 1. The van der Waals surface area contributed by atoms with Gasteiger partial charge in [-0.2, -0.15) is 0 Å². The number of benzene rings is 1. The monoisotopic (exact) mass is 273 g/mol. The summed E-state index contributed by atoms with van der Waals surface area (Å²) in [7, 11) is 0. The highest BCUT2D eigenvalue weighted by Gasteiger charge is 2.18. The van der Waals surface area contributed by atoms with Crippen molar-refractivity contribution in [2.24, 2.45) is 0 Å². The molecule has 1 aliphatic rings. The number of phenols is 1. The minimum absolute atomic E-state index is 0.266. The summed E-state index contributed by atoms with van der Waals surface area (Å²) in [4.78, 5) is 0. The third kappa shape index (κ3) is 2.32. The van der Waals surface area contributed by atoms with Gasteiger partial charge in [0.15, 0.2) is 11.6 Å². The van der Waals surface area contributed by atoms with Gasteiger partial charge >= 0.3 is 0 Å². The third-order valence-corrected chi connectivity index (χ3v) is 3.42. The standard InChI is InChI=1S/C11H13BrFNO/c12-9-5-8(6-10(15)11(9)13)7-1-3-14-4-2-7/h5-7,14-15H,1-4H2. The maximum atomic E-state index is 13.2. The van der Waals surface area contributed by atoms with E-state index >= 15 is 0 Å². The van der Waals surface area contributed by atoms with E-state index in [0.29, 0.717) is 10.4 Å². The van der Waals surface area contributed by atoms with Gasteiger partial charge in [-0.25, -0.2) is 4.39 Å². The molecule has 0 radical (unpaired) electrons. The van der Waals surface area contributed by atoms with E-state index in [1.807, 2.05) is 0 Å². The molecule has 0 aliphatic carbocycles. The molecule has 0 aromatic heterocycles. The molecular formula is C11H13BrFNO. The molecule has 0 spiro atoms. The second kappa shape index (κ2) is 4.49. The quantitative estimate of drug-likeness (QED) is 0.825. The number of piperidine rings is 1. The highest BCUT2D eigenvalue weighted by Crippen LogP contribution is 2.33. The number of hydrogen-bond donors (Lipinski definition) is 2. The topological polar surface area (TPSA) is 32.3 Å². The van der Waals surface area contributed by atoms with Crippen molar-refractivity contribution in [3.05, 3.63) is 28.0 Å². The van der Waals surface area contributed by atoms with Gasteiger partial charge in [-0.3, -0.25) is 0 Å². The van der Waals surface area contributed by atoms with Gasteiger partial charge in [0, 0.05) is 0 Å². The van der Waals surface area contributed by atoms with Crippen molar-refractivity contribution < 1.29 is 9.50 Å². The average molecular weight is 274 g/mol. The molecule has 2 rings (SSSR count). The van der Waals surface area contributed by atoms with E-state index in [0.717, 1.165) is 31.5 Å². The Morgan fingerprint density at radius 2 is 2.00 bits per heavy atom. The summed E-state index contributed by atoms with van der Waals surface area (Å²) >= 11 is 3.11. The van der Waals surface area contributed by atoms with E-state index < -0.39 is 5.82 Å². The van der Waals surface area contributed by atoms with Crippen LogP contribution in [0.5, 0.6) is 5.75 Å². The Bertz CT molecular complexity index is 341. The third-order valence-electron chi connectivity index (χ3n) is 2.84. The molecule has 0 saturated carbocycles. The van der Waals surface area contributed by atoms with Gasteiger partial charge in [0.2, 0.25) is 0 Å². The van der Waals surface area contributed by atoms with Crippen LogP contribution in [-0.4, -0.2) is 18.2 Å². The molecule has 1 fully saturated rings. The average Bonchev–Trinajstić information content (AvgIpc) is 2.26. The minimum Gasteiger partial charge on any atom is -0.505 e. The van der Waals surface area contributed by atoms with Crippen molar-refractivity contribution in [1.82, 2.24) is 5.32 Å². The molecule has 4 heteroatoms. The Balaban J connectivity index is 2.27. The van der Waals surface area contributed by atoms with E-state index in [-0.39, 0.29) is 5.75 Å². The minimum atomic E-state index is -0.576. The van der Waals surface area contributed by atoms with Gasteiger partial charge < -0.3 is 10.4 Å². The molecule has 82 valence electrons. The lowest BCUT2D eigenvalue weighted by Gasteiger charge is -2.23. The van der Waals surface area contributed by atoms with Crippen molar-refractivity contribution in [2.45, 2.75) is 18.8 Å². The molecule has 1 aromatic rings. The van der Waals surface area contributed by atoms with E-state index in [1.165, 1.54) is 6.07 Å². The summed E-state index contributed by atoms with van der Waals surface area (Å²) in [6, 6.07) is 3.31. The van der Waals surface area contributed by atoms with Gasteiger partial charge in [-0.15, -0.1) is 0 Å². The molecule has 15 heavy (non-hydrogen) atoms. The number of halogens is 2. The molecule has 2 nitrogen and oxygen atoms in total. The van der Waals surface area contributed by atoms with Gasteiger partial charge in [-0.1, -0.05) is 0 Å². The van der Waals surface area contributed by atoms with Crippen LogP contribution in [0.2, 0.25) is 0 Å². The molecule has 1 heterocycles. The molecular weight excluding hydrogens is 261 g/mol. The Hall–Kier alpha value is -0.610. The maximum absolute atomic E-state index is 13.2. The van der Waals surface area contributed by atoms with Crippen LogP contribution < -0.4 is 5.32 Å². The van der Waals surface area contributed by atoms with Crippen LogP contribution in [0.4, 0.5) is 4.39 Å². The highest BCUT2D eigenvalue weighted by molar-refractivity contribution is 9.10. The van der Waals surface area contributed by atoms with E-state index in [1.54, 1.807) is 6.07 Å². The second-order valence-electron chi connectivity index (χ2n) is 3.86. The van der Waals surface area contributed by atoms with Gasteiger partial charge in [0.1, 0.15) is 0 Å². The normalized spacial score (nSPS) is 18.0. The van der Waals surface area contributed by atoms with Crippen LogP contribution in [0.25, 0.3) is 0 Å². The zero-order chi connectivity index (χ0) is 10.8. The number of phenolic OH excluding ortho intramolecular Hbond substituents is 1. The fourth-order valence-corrected chi connectivity index (χ4v) is 2.45. The fraction of sp³-hybridized carbons (Fsp3) is 0.455. The van der Waals surface area contributed by atoms with Crippen LogP contribution in [0.3, 0.4) is 0 Å². The van der Waals surface area contributed by atoms with E-state index in [4.69, 9.17) is 0 Å². The van der Waals surface area contributed by atoms with Crippen LogP contribution >= 0.6 is 15.9 Å². The zero-order valence-electron chi connectivity index (χ0n) is 8.26. The van der Waals surface area contributed by atoms with Crippen molar-refractivity contribution in [3.8, 4) is 5.75 Å². The van der Waals surface area contributed by atoms with Gasteiger partial charge in [0.05, 0.1) is 4.47 Å². The highest BCUT2D eigenvalue weighted by atomic mass is 79.9. The first-order chi connectivity index (χ1) is 7.18. The summed E-state index contributed by atoms with van der Waals surface area (Å²) in [5.74, 6) is -0.417. The lowest BCUT2D eigenvalue weighted by atomic mass is 9.90. The Kier molecular flexibility index (Phi) is 3.26. The van der Waals surface area contributed by atoms with Crippen LogP contribution in [0.15, 0.2) is 16.6 Å². The van der Waals surface area contributed by atoms with Crippen molar-refractivity contribution in [2.75, 3.05) is 13.1 Å². The summed E-state index contributed by atoms with van der Waals surface area (Å²) < 4.78 is 13.5. The first-order valence-electron chi connectivity index (χ1n) is 5.07. The summed E-state index contributed by atoms with van der Waals surface area (Å²) in [5.41, 5.74) is 1.02. The molecule has 0 bridgehead atoms. The summed E-state index contributed by atoms with van der Waals surface area (Å²) in [5, 5.41) is 12.7. The number of nitrogens with one attached hydrogen (secondary N) is 1. The van der Waals surface area contributed by atoms with Crippen LogP contribution in [0, 0.1) is 5.82 Å². The van der Waals surface area contributed by atoms with E-state index in [2.05, 4.69) is 21.2 Å². The Labute approximate surface area is 96.6 Å². The number of aromatic hydroxyl groups is 1. The molecule has 1 saturated heterocycles. The van der Waals surface area contributed by atoms with E-state index in [9.17, 15) is 9.50 Å². The molecule has 0 amide bonds. The predicted molar refractivity (Wildman–Crippen MR) is 60.6 cm³/mol. The van der Waals surface area contributed by atoms with Crippen molar-refractivity contribution in [1.29, 1.82) is 0 Å². The Morgan fingerprint density at radius 1 is 1.33 bits per heavy atom. The number of hydrogen-bond acceptors (Lipinski definition) is 2. The molecule has 0 unspecified atom stereocenters. The van der Waals surface area contributed by atoms with Gasteiger partial charge in [0.25, 0.3) is 0 Å². The lowest BCUT2D eigenvalue weighted by molar-refractivity contribution is 0.423. The summed E-state index contributed by atoms with van der Waals surface area (Å²) in [6.07, 6.45) is 2.08. The second-order valence-corrected chi connectivity index (χ2v) is 4.71. The molecule has 0 atom stereocenters. The summed E-state index contributed by atoms with van der Waals surface area (Å²) in [6.45, 7) is 1.97. The van der Waals surface area contributed by atoms with Gasteiger partial charge in [-0.05, 0) is 65.5 Å². The van der Waals surface area contributed by atoms with Crippen LogP contribution in [-0.2, 0) is 0 Å². The zero-order valence-corrected chi connectivity index (χ0v) is 9.85. The first-order valence-corrected chi connectivity index (χ1v) is 5.86. The Morgan fingerprint density at radius 3 is 2.60 bits per heavy atom. The lowest BCUT2D eigenvalue weighted by Crippen LogP contribution is -2.26. The fourth-order valence-electron chi connectivity index (χ4n) is 1.99. The molecule has 2 N–H and O–H groups in total. The van der Waals surface area contributed by atoms with Crippen molar-refractivity contribution >= 4 is 15.9 Å². The van der Waals surface area contributed by atoms with Crippen molar-refractivity contribution in [3.63, 3.8) is 0 Å². The largest absolute Gasteiger partial charge is 0.505 e. The maximum Gasteiger partial charge on any atom is 0.178 e. The molecule has 1 aromatic carbocycles.